The molecule has 2 aromatic rings. The van der Waals surface area contributed by atoms with Crippen LogP contribution in [-0.4, -0.2) is 4.57 Å². The van der Waals surface area contributed by atoms with Crippen LogP contribution in [0.25, 0.3) is 0 Å². The first-order chi connectivity index (χ1) is 21.3. The maximum atomic E-state index is 2.57. The molecule has 0 amide bonds. The number of aromatic nitrogens is 2. The van der Waals surface area contributed by atoms with Gasteiger partial charge in [-0.1, -0.05) is 192 Å². The average Bonchev–Trinajstić information content (AvgIpc) is 3.40. The zero-order valence-electron chi connectivity index (χ0n) is 29.1. The maximum Gasteiger partial charge on any atom is 0.260 e. The summed E-state index contributed by atoms with van der Waals surface area (Å²) in [4.78, 5) is 0. The van der Waals surface area contributed by atoms with Crippen LogP contribution in [0.15, 0.2) is 42.7 Å². The number of hydrogen-bond donors (Lipinski definition) is 0. The van der Waals surface area contributed by atoms with E-state index in [-0.39, 0.29) is 0 Å². The summed E-state index contributed by atoms with van der Waals surface area (Å²) in [6.45, 7) is 6.96. The molecule has 0 atom stereocenters. The van der Waals surface area contributed by atoms with Gasteiger partial charge in [-0.2, -0.15) is 0 Å². The van der Waals surface area contributed by atoms with Crippen molar-refractivity contribution >= 4 is 0 Å². The zero-order valence-corrected chi connectivity index (χ0v) is 29.1. The lowest BCUT2D eigenvalue weighted by Gasteiger charge is -2.07. The average molecular weight is 594 g/mol. The van der Waals surface area contributed by atoms with Crippen LogP contribution in [0.4, 0.5) is 0 Å². The summed E-state index contributed by atoms with van der Waals surface area (Å²) in [7, 11) is 0. The Labute approximate surface area is 269 Å². The van der Waals surface area contributed by atoms with Gasteiger partial charge in [-0.3, -0.25) is 0 Å². The standard InChI is InChI=1S/C41H73N2/c1-3-5-7-9-11-13-15-17-18-19-21-23-25-27-32-36-43-38-37-42(41(43)39-40-33-29-28-30-34-40)35-31-26-24-22-20-16-14-12-10-8-6-4-2/h28-30,33-34,37-38H,3-27,31-32,35-36,39H2,1-2H3/q+1. The normalized spacial score (nSPS) is 11.5. The lowest BCUT2D eigenvalue weighted by atomic mass is 10.0. The van der Waals surface area contributed by atoms with Crippen LogP contribution < -0.4 is 4.57 Å². The van der Waals surface area contributed by atoms with Crippen molar-refractivity contribution in [2.24, 2.45) is 0 Å². The summed E-state index contributed by atoms with van der Waals surface area (Å²) in [6, 6.07) is 11.1. The van der Waals surface area contributed by atoms with E-state index in [0.29, 0.717) is 0 Å². The number of rotatable bonds is 31. The van der Waals surface area contributed by atoms with Gasteiger partial charge in [-0.15, -0.1) is 0 Å². The quantitative estimate of drug-likeness (QED) is 0.0607. The minimum absolute atomic E-state index is 1.05. The van der Waals surface area contributed by atoms with E-state index < -0.39 is 0 Å². The van der Waals surface area contributed by atoms with Crippen molar-refractivity contribution in [3.8, 4) is 0 Å². The predicted molar refractivity (Wildman–Crippen MR) is 190 cm³/mol. The minimum atomic E-state index is 1.05. The van der Waals surface area contributed by atoms with Gasteiger partial charge in [0.15, 0.2) is 0 Å². The topological polar surface area (TPSA) is 8.81 Å². The Balaban J connectivity index is 1.58. The number of unbranched alkanes of at least 4 members (excludes halogenated alkanes) is 25. The SMILES string of the molecule is CCCCCCCCCCCCCCCCC[n+]1ccn(CCCCCCCCCCCCCC)c1Cc1ccccc1. The van der Waals surface area contributed by atoms with Crippen molar-refractivity contribution in [2.75, 3.05) is 0 Å². The highest BCUT2D eigenvalue weighted by atomic mass is 15.1. The number of imidazole rings is 1. The molecule has 0 aliphatic heterocycles. The van der Waals surface area contributed by atoms with Crippen LogP contribution in [-0.2, 0) is 19.5 Å². The van der Waals surface area contributed by atoms with Crippen LogP contribution in [0.3, 0.4) is 0 Å². The first-order valence-electron chi connectivity index (χ1n) is 19.5. The lowest BCUT2D eigenvalue weighted by Crippen LogP contribution is -2.37. The predicted octanol–water partition coefficient (Wildman–Crippen LogP) is 12.9. The van der Waals surface area contributed by atoms with E-state index in [2.05, 4.69) is 65.7 Å². The second-order valence-electron chi connectivity index (χ2n) is 13.6. The maximum absolute atomic E-state index is 2.57. The van der Waals surface area contributed by atoms with Gasteiger partial charge >= 0.3 is 0 Å². The molecule has 0 N–H and O–H groups in total. The molecule has 1 aromatic carbocycles. The molecular weight excluding hydrogens is 520 g/mol. The Bertz CT molecular complexity index is 839. The zero-order chi connectivity index (χ0) is 30.5. The first-order valence-corrected chi connectivity index (χ1v) is 19.5. The summed E-state index contributed by atoms with van der Waals surface area (Å²) >= 11 is 0. The Kier molecular flexibility index (Phi) is 24.4. The molecule has 0 aliphatic rings. The van der Waals surface area contributed by atoms with Gasteiger partial charge in [0.25, 0.3) is 5.82 Å². The van der Waals surface area contributed by atoms with Gasteiger partial charge in [-0.25, -0.2) is 9.13 Å². The first kappa shape index (κ1) is 37.6. The highest BCUT2D eigenvalue weighted by Crippen LogP contribution is 2.15. The van der Waals surface area contributed by atoms with E-state index in [1.165, 1.54) is 198 Å². The third-order valence-electron chi connectivity index (χ3n) is 9.55. The molecule has 0 saturated carbocycles. The Hall–Kier alpha value is -1.57. The van der Waals surface area contributed by atoms with Crippen molar-refractivity contribution in [1.29, 1.82) is 0 Å². The van der Waals surface area contributed by atoms with Crippen molar-refractivity contribution in [1.82, 2.24) is 4.57 Å². The van der Waals surface area contributed by atoms with Crippen LogP contribution in [0.5, 0.6) is 0 Å². The van der Waals surface area contributed by atoms with Crippen LogP contribution in [0.1, 0.15) is 199 Å². The van der Waals surface area contributed by atoms with Crippen LogP contribution in [0, 0.1) is 0 Å². The molecule has 0 bridgehead atoms. The highest BCUT2D eigenvalue weighted by Gasteiger charge is 2.17. The summed E-state index contributed by atoms with van der Waals surface area (Å²) in [5.74, 6) is 1.50. The highest BCUT2D eigenvalue weighted by molar-refractivity contribution is 5.18. The molecule has 0 aliphatic carbocycles. The van der Waals surface area contributed by atoms with Gasteiger partial charge in [0.2, 0.25) is 0 Å². The molecule has 0 fully saturated rings. The van der Waals surface area contributed by atoms with Gasteiger partial charge in [0, 0.05) is 0 Å². The molecule has 2 nitrogen and oxygen atoms in total. The van der Waals surface area contributed by atoms with E-state index in [0.717, 1.165) is 6.42 Å². The molecule has 2 heteroatoms. The fraction of sp³-hybridized carbons (Fsp3) is 0.780. The minimum Gasteiger partial charge on any atom is -0.234 e. The molecule has 2 rings (SSSR count). The third kappa shape index (κ3) is 20.2. The fourth-order valence-corrected chi connectivity index (χ4v) is 6.66. The van der Waals surface area contributed by atoms with Crippen LogP contribution in [0.2, 0.25) is 0 Å². The van der Waals surface area contributed by atoms with E-state index in [1.54, 1.807) is 0 Å². The Morgan fingerprint density at radius 3 is 1.30 bits per heavy atom. The lowest BCUT2D eigenvalue weighted by molar-refractivity contribution is -0.703. The summed E-state index contributed by atoms with van der Waals surface area (Å²) < 4.78 is 5.13. The van der Waals surface area contributed by atoms with E-state index in [4.69, 9.17) is 0 Å². The molecule has 43 heavy (non-hydrogen) atoms. The summed E-state index contributed by atoms with van der Waals surface area (Å²) in [5, 5.41) is 0. The monoisotopic (exact) mass is 594 g/mol. The largest absolute Gasteiger partial charge is 0.260 e. The van der Waals surface area contributed by atoms with E-state index >= 15 is 0 Å². The fourth-order valence-electron chi connectivity index (χ4n) is 6.66. The second kappa shape index (κ2) is 27.9. The number of nitrogens with zero attached hydrogens (tertiary/aromatic N) is 2. The molecule has 0 radical (unpaired) electrons. The van der Waals surface area contributed by atoms with Gasteiger partial charge < -0.3 is 0 Å². The van der Waals surface area contributed by atoms with E-state index in [9.17, 15) is 0 Å². The third-order valence-corrected chi connectivity index (χ3v) is 9.55. The molecule has 1 aromatic heterocycles. The summed E-state index contributed by atoms with van der Waals surface area (Å²) in [6.07, 6.45) is 44.2. The van der Waals surface area contributed by atoms with Crippen LogP contribution >= 0.6 is 0 Å². The van der Waals surface area contributed by atoms with Crippen molar-refractivity contribution in [3.05, 3.63) is 54.1 Å². The number of hydrogen-bond acceptors (Lipinski definition) is 0. The molecule has 246 valence electrons. The van der Waals surface area contributed by atoms with Crippen molar-refractivity contribution in [2.45, 2.75) is 207 Å². The Morgan fingerprint density at radius 1 is 0.465 bits per heavy atom. The number of aryl methyl sites for hydroxylation is 2. The van der Waals surface area contributed by atoms with Gasteiger partial charge in [0.1, 0.15) is 12.4 Å². The smallest absolute Gasteiger partial charge is 0.234 e. The van der Waals surface area contributed by atoms with E-state index in [1.807, 2.05) is 0 Å². The van der Waals surface area contributed by atoms with Gasteiger partial charge in [-0.05, 0) is 31.2 Å². The number of benzene rings is 1. The molecule has 0 saturated heterocycles. The second-order valence-corrected chi connectivity index (χ2v) is 13.6. The summed E-state index contributed by atoms with van der Waals surface area (Å²) in [5.41, 5.74) is 1.43. The van der Waals surface area contributed by atoms with Gasteiger partial charge in [0.05, 0.1) is 19.5 Å². The molecule has 1 heterocycles. The molecule has 0 spiro atoms. The molecule has 0 unspecified atom stereocenters. The molecular formula is C41H73N2+. The Morgan fingerprint density at radius 2 is 0.860 bits per heavy atom. The van der Waals surface area contributed by atoms with Crippen molar-refractivity contribution in [3.63, 3.8) is 0 Å². The van der Waals surface area contributed by atoms with Crippen molar-refractivity contribution < 1.29 is 4.57 Å².